The van der Waals surface area contributed by atoms with Crippen LogP contribution in [-0.4, -0.2) is 37.8 Å². The van der Waals surface area contributed by atoms with Crippen molar-refractivity contribution >= 4 is 33.6 Å². The van der Waals surface area contributed by atoms with E-state index in [2.05, 4.69) is 64.3 Å². The number of aromatic nitrogens is 5. The van der Waals surface area contributed by atoms with Crippen molar-refractivity contribution in [2.75, 3.05) is 23.7 Å². The van der Waals surface area contributed by atoms with E-state index >= 15 is 0 Å². The van der Waals surface area contributed by atoms with Gasteiger partial charge in [0.2, 0.25) is 0 Å². The van der Waals surface area contributed by atoms with Crippen LogP contribution in [0.5, 0.6) is 0 Å². The fourth-order valence-electron chi connectivity index (χ4n) is 4.77. The van der Waals surface area contributed by atoms with E-state index in [0.717, 1.165) is 52.1 Å². The van der Waals surface area contributed by atoms with E-state index < -0.39 is 0 Å². The van der Waals surface area contributed by atoms with Crippen molar-refractivity contribution < 1.29 is 0 Å². The van der Waals surface area contributed by atoms with Crippen LogP contribution in [0.2, 0.25) is 0 Å². The fraction of sp³-hybridized carbons (Fsp3) is 0.231. The van der Waals surface area contributed by atoms with E-state index in [-0.39, 0.29) is 0 Å². The van der Waals surface area contributed by atoms with Gasteiger partial charge in [-0.25, -0.2) is 19.6 Å². The molecule has 33 heavy (non-hydrogen) atoms. The average Bonchev–Trinajstić information content (AvgIpc) is 3.49. The molecule has 0 spiro atoms. The van der Waals surface area contributed by atoms with Gasteiger partial charge in [0.15, 0.2) is 5.65 Å². The number of hydrogen-bond donors (Lipinski definition) is 1. The first-order valence-corrected chi connectivity index (χ1v) is 11.3. The number of nitrogens with two attached hydrogens (primary N) is 1. The Morgan fingerprint density at radius 1 is 0.970 bits per heavy atom. The van der Waals surface area contributed by atoms with Gasteiger partial charge in [-0.05, 0) is 43.5 Å². The molecule has 7 nitrogen and oxygen atoms in total. The molecule has 0 bridgehead atoms. The van der Waals surface area contributed by atoms with E-state index in [4.69, 9.17) is 15.8 Å². The third-order valence-electron chi connectivity index (χ3n) is 6.39. The molecule has 6 rings (SSSR count). The van der Waals surface area contributed by atoms with E-state index in [1.807, 2.05) is 16.8 Å². The lowest BCUT2D eigenvalue weighted by molar-refractivity contribution is 0.709. The summed E-state index contributed by atoms with van der Waals surface area (Å²) >= 11 is 0. The quantitative estimate of drug-likeness (QED) is 0.445. The number of benzene rings is 2. The Kier molecular flexibility index (Phi) is 4.68. The summed E-state index contributed by atoms with van der Waals surface area (Å²) in [6, 6.07) is 18.8. The van der Waals surface area contributed by atoms with Crippen molar-refractivity contribution in [3.63, 3.8) is 0 Å². The summed E-state index contributed by atoms with van der Waals surface area (Å²) in [6.07, 6.45) is 3.93. The Hall–Kier alpha value is -4.00. The molecule has 7 heteroatoms. The zero-order valence-corrected chi connectivity index (χ0v) is 18.6. The van der Waals surface area contributed by atoms with Crippen molar-refractivity contribution in [3.05, 3.63) is 72.1 Å². The Balaban J connectivity index is 1.52. The number of para-hydroxylation sites is 1. The molecule has 0 aliphatic carbocycles. The molecule has 0 atom stereocenters. The van der Waals surface area contributed by atoms with Crippen molar-refractivity contribution in [3.8, 4) is 11.3 Å². The van der Waals surface area contributed by atoms with Crippen LogP contribution >= 0.6 is 0 Å². The molecule has 0 radical (unpaired) electrons. The minimum absolute atomic E-state index is 0.445. The topological polar surface area (TPSA) is 85.8 Å². The molecule has 4 heterocycles. The molecule has 3 aromatic heterocycles. The van der Waals surface area contributed by atoms with Crippen LogP contribution in [0.3, 0.4) is 0 Å². The Bertz CT molecular complexity index is 1480. The van der Waals surface area contributed by atoms with Crippen molar-refractivity contribution in [1.29, 1.82) is 0 Å². The number of rotatable bonds is 4. The van der Waals surface area contributed by atoms with Crippen LogP contribution in [0, 0.1) is 6.92 Å². The molecule has 2 N–H and O–H groups in total. The van der Waals surface area contributed by atoms with Gasteiger partial charge in [0.1, 0.15) is 23.7 Å². The molecule has 0 amide bonds. The highest BCUT2D eigenvalue weighted by atomic mass is 15.3. The number of pyridine rings is 1. The predicted molar refractivity (Wildman–Crippen MR) is 132 cm³/mol. The maximum absolute atomic E-state index is 6.32. The third-order valence-corrected chi connectivity index (χ3v) is 6.39. The predicted octanol–water partition coefficient (Wildman–Crippen LogP) is 4.58. The second kappa shape index (κ2) is 7.85. The van der Waals surface area contributed by atoms with E-state index in [1.54, 1.807) is 0 Å². The summed E-state index contributed by atoms with van der Waals surface area (Å²) in [4.78, 5) is 16.1. The van der Waals surface area contributed by atoms with Gasteiger partial charge in [0, 0.05) is 24.0 Å². The first-order chi connectivity index (χ1) is 16.2. The monoisotopic (exact) mass is 435 g/mol. The van der Waals surface area contributed by atoms with Gasteiger partial charge in [0.05, 0.1) is 17.4 Å². The van der Waals surface area contributed by atoms with Gasteiger partial charge < -0.3 is 10.6 Å². The summed E-state index contributed by atoms with van der Waals surface area (Å²) < 4.78 is 1.95. The zero-order chi connectivity index (χ0) is 22.4. The molecule has 2 aromatic carbocycles. The molecular formula is C26H25N7. The highest BCUT2D eigenvalue weighted by Crippen LogP contribution is 2.32. The molecule has 1 fully saturated rings. The van der Waals surface area contributed by atoms with Gasteiger partial charge in [-0.2, -0.15) is 5.10 Å². The summed E-state index contributed by atoms with van der Waals surface area (Å²) in [5.41, 5.74) is 12.2. The number of nitrogens with zero attached hydrogens (tertiary/aromatic N) is 6. The molecule has 1 aliphatic heterocycles. The van der Waals surface area contributed by atoms with Gasteiger partial charge in [-0.3, -0.25) is 0 Å². The number of aryl methyl sites for hydroxylation is 1. The summed E-state index contributed by atoms with van der Waals surface area (Å²) in [6.45, 7) is 4.75. The molecular weight excluding hydrogens is 410 g/mol. The van der Waals surface area contributed by atoms with E-state index in [1.165, 1.54) is 30.3 Å². The van der Waals surface area contributed by atoms with Crippen LogP contribution in [0.4, 0.5) is 11.6 Å². The minimum atomic E-state index is 0.445. The number of hydrogen-bond acceptors (Lipinski definition) is 6. The van der Waals surface area contributed by atoms with Gasteiger partial charge in [-0.15, -0.1) is 0 Å². The normalized spacial score (nSPS) is 13.9. The molecule has 1 saturated heterocycles. The average molecular weight is 436 g/mol. The summed E-state index contributed by atoms with van der Waals surface area (Å²) in [7, 11) is 0. The first kappa shape index (κ1) is 19.7. The largest absolute Gasteiger partial charge is 0.383 e. The van der Waals surface area contributed by atoms with E-state index in [0.29, 0.717) is 12.4 Å². The van der Waals surface area contributed by atoms with Gasteiger partial charge in [-0.1, -0.05) is 42.0 Å². The van der Waals surface area contributed by atoms with Crippen LogP contribution in [0.1, 0.15) is 24.0 Å². The Morgan fingerprint density at radius 2 is 1.82 bits per heavy atom. The van der Waals surface area contributed by atoms with E-state index in [9.17, 15) is 0 Å². The molecule has 164 valence electrons. The highest BCUT2D eigenvalue weighted by Gasteiger charge is 2.20. The molecule has 1 aliphatic rings. The molecule has 0 unspecified atom stereocenters. The summed E-state index contributed by atoms with van der Waals surface area (Å²) in [5.74, 6) is 1.48. The minimum Gasteiger partial charge on any atom is -0.383 e. The van der Waals surface area contributed by atoms with Crippen LogP contribution < -0.4 is 10.6 Å². The maximum Gasteiger partial charge on any atom is 0.164 e. The lowest BCUT2D eigenvalue weighted by Gasteiger charge is -2.19. The third kappa shape index (κ3) is 3.46. The highest BCUT2D eigenvalue weighted by molar-refractivity contribution is 5.98. The second-order valence-electron chi connectivity index (χ2n) is 8.68. The number of fused-ring (bicyclic) bond motifs is 2. The number of anilines is 2. The maximum atomic E-state index is 6.32. The SMILES string of the molecule is Cc1cccc(-c2nn(Cc3cc(N4CCCC4)nc4ccccc34)c3ncnc(N)c23)c1. The first-order valence-electron chi connectivity index (χ1n) is 11.3. The van der Waals surface area contributed by atoms with Crippen LogP contribution in [0.15, 0.2) is 60.9 Å². The fourth-order valence-corrected chi connectivity index (χ4v) is 4.77. The van der Waals surface area contributed by atoms with Crippen LogP contribution in [-0.2, 0) is 6.54 Å². The van der Waals surface area contributed by atoms with Crippen LogP contribution in [0.25, 0.3) is 33.2 Å². The number of nitrogen functional groups attached to an aromatic ring is 1. The van der Waals surface area contributed by atoms with Gasteiger partial charge >= 0.3 is 0 Å². The molecule has 5 aromatic rings. The Morgan fingerprint density at radius 3 is 2.67 bits per heavy atom. The second-order valence-corrected chi connectivity index (χ2v) is 8.68. The summed E-state index contributed by atoms with van der Waals surface area (Å²) in [5, 5.41) is 6.91. The zero-order valence-electron chi connectivity index (χ0n) is 18.6. The lowest BCUT2D eigenvalue weighted by atomic mass is 10.1. The van der Waals surface area contributed by atoms with Crippen molar-refractivity contribution in [1.82, 2.24) is 24.7 Å². The van der Waals surface area contributed by atoms with Crippen molar-refractivity contribution in [2.24, 2.45) is 0 Å². The Labute approximate surface area is 191 Å². The smallest absolute Gasteiger partial charge is 0.164 e. The molecule has 0 saturated carbocycles. The van der Waals surface area contributed by atoms with Crippen molar-refractivity contribution in [2.45, 2.75) is 26.3 Å². The standard InChI is InChI=1S/C26H25N7/c1-17-7-6-8-18(13-17)24-23-25(27)28-16-29-26(23)33(31-24)15-19-14-22(32-11-4-5-12-32)30-21-10-3-2-9-20(19)21/h2-3,6-10,13-14,16H,4-5,11-12,15H2,1H3,(H2,27,28,29). The lowest BCUT2D eigenvalue weighted by Crippen LogP contribution is -2.19. The van der Waals surface area contributed by atoms with Gasteiger partial charge in [0.25, 0.3) is 0 Å².